The van der Waals surface area contributed by atoms with E-state index in [4.69, 9.17) is 0 Å². The Hall–Kier alpha value is -1.98. The smallest absolute Gasteiger partial charge is 0.334 e. The van der Waals surface area contributed by atoms with Crippen LogP contribution in [0.15, 0.2) is 12.1 Å². The van der Waals surface area contributed by atoms with Gasteiger partial charge in [0.25, 0.3) is 0 Å². The molecule has 0 bridgehead atoms. The normalized spacial score (nSPS) is 11.5. The molecule has 0 unspecified atom stereocenters. The Morgan fingerprint density at radius 3 is 2.56 bits per heavy atom. The quantitative estimate of drug-likeness (QED) is 0.393. The van der Waals surface area contributed by atoms with Crippen molar-refractivity contribution in [2.24, 2.45) is 0 Å². The van der Waals surface area contributed by atoms with Crippen LogP contribution in [0.1, 0.15) is 18.1 Å². The highest BCUT2D eigenvalue weighted by molar-refractivity contribution is 5.89. The van der Waals surface area contributed by atoms with E-state index in [2.05, 4.69) is 4.74 Å². The highest BCUT2D eigenvalue weighted by atomic mass is 19.2. The van der Waals surface area contributed by atoms with Gasteiger partial charge in [0.15, 0.2) is 11.6 Å². The first kappa shape index (κ1) is 14.1. The lowest BCUT2D eigenvalue weighted by Gasteiger charge is -2.08. The minimum Gasteiger partial charge on any atom is -0.507 e. The molecule has 98 valence electrons. The Morgan fingerprint density at radius 1 is 1.39 bits per heavy atom. The molecular formula is C12H11F3O3. The largest absolute Gasteiger partial charge is 0.507 e. The third kappa shape index (κ3) is 2.82. The number of hydrogen-bond acceptors (Lipinski definition) is 3. The molecule has 0 atom stereocenters. The summed E-state index contributed by atoms with van der Waals surface area (Å²) in [7, 11) is 0. The van der Waals surface area contributed by atoms with Crippen LogP contribution in [0.3, 0.4) is 0 Å². The maximum atomic E-state index is 13.4. The van der Waals surface area contributed by atoms with Gasteiger partial charge in [-0.05, 0) is 13.8 Å². The molecule has 18 heavy (non-hydrogen) atoms. The molecule has 3 nitrogen and oxygen atoms in total. The lowest BCUT2D eigenvalue weighted by atomic mass is 10.0. The van der Waals surface area contributed by atoms with E-state index in [-0.39, 0.29) is 6.61 Å². The minimum atomic E-state index is -1.36. The third-order valence-electron chi connectivity index (χ3n) is 2.20. The Morgan fingerprint density at radius 2 is 2.00 bits per heavy atom. The third-order valence-corrected chi connectivity index (χ3v) is 2.20. The van der Waals surface area contributed by atoms with Crippen molar-refractivity contribution < 1.29 is 27.8 Å². The molecule has 0 radical (unpaired) electrons. The molecule has 0 saturated heterocycles. The van der Waals surface area contributed by atoms with E-state index in [1.54, 1.807) is 6.92 Å². The van der Waals surface area contributed by atoms with Gasteiger partial charge in [0.1, 0.15) is 11.6 Å². The Kier molecular flexibility index (Phi) is 4.36. The van der Waals surface area contributed by atoms with Crippen molar-refractivity contribution in [3.05, 3.63) is 40.7 Å². The summed E-state index contributed by atoms with van der Waals surface area (Å²) in [5, 5.41) is 9.53. The van der Waals surface area contributed by atoms with E-state index in [0.717, 1.165) is 6.92 Å². The maximum Gasteiger partial charge on any atom is 0.334 e. The van der Waals surface area contributed by atoms with Crippen LogP contribution in [0.2, 0.25) is 0 Å². The first-order valence-electron chi connectivity index (χ1n) is 5.10. The molecule has 0 aliphatic heterocycles. The molecule has 1 rings (SSSR count). The van der Waals surface area contributed by atoms with Gasteiger partial charge >= 0.3 is 5.97 Å². The van der Waals surface area contributed by atoms with Crippen LogP contribution in [0.4, 0.5) is 13.2 Å². The van der Waals surface area contributed by atoms with Crippen LogP contribution in [0.5, 0.6) is 0 Å². The molecular weight excluding hydrogens is 249 g/mol. The summed E-state index contributed by atoms with van der Waals surface area (Å²) in [5.74, 6) is -5.53. The summed E-state index contributed by atoms with van der Waals surface area (Å²) in [6, 6.07) is 0.298. The maximum absolute atomic E-state index is 13.4. The predicted molar refractivity (Wildman–Crippen MR) is 58.3 cm³/mol. The fourth-order valence-electron chi connectivity index (χ4n) is 1.40. The average Bonchev–Trinajstić information content (AvgIpc) is 2.26. The summed E-state index contributed by atoms with van der Waals surface area (Å²) >= 11 is 0. The zero-order valence-electron chi connectivity index (χ0n) is 9.76. The Balaban J connectivity index is 3.25. The molecule has 6 heteroatoms. The van der Waals surface area contributed by atoms with Crippen LogP contribution in [0.25, 0.3) is 5.76 Å². The van der Waals surface area contributed by atoms with E-state index in [1.165, 1.54) is 0 Å². The standard InChI is InChI=1S/C12H11F3O3/c1-3-18-10(17)5-9(16)11-6(2)12(15)8(14)4-7(11)13/h4-5,16H,3H2,1-2H3/b9-5-. The molecule has 1 aromatic rings. The van der Waals surface area contributed by atoms with E-state index in [1.807, 2.05) is 0 Å². The van der Waals surface area contributed by atoms with Crippen LogP contribution in [-0.2, 0) is 9.53 Å². The van der Waals surface area contributed by atoms with Crippen LogP contribution >= 0.6 is 0 Å². The summed E-state index contributed by atoms with van der Waals surface area (Å²) in [6.07, 6.45) is 0.603. The van der Waals surface area contributed by atoms with Gasteiger partial charge in [-0.2, -0.15) is 0 Å². The second-order valence-corrected chi connectivity index (χ2v) is 3.44. The van der Waals surface area contributed by atoms with Gasteiger partial charge in [-0.1, -0.05) is 0 Å². The number of hydrogen-bond donors (Lipinski definition) is 1. The summed E-state index contributed by atoms with van der Waals surface area (Å²) < 4.78 is 44.0. The number of benzene rings is 1. The van der Waals surface area contributed by atoms with E-state index in [9.17, 15) is 23.1 Å². The number of aliphatic hydroxyl groups excluding tert-OH is 1. The van der Waals surface area contributed by atoms with E-state index < -0.39 is 40.3 Å². The summed E-state index contributed by atoms with van der Waals surface area (Å²) in [4.78, 5) is 11.1. The number of rotatable bonds is 3. The summed E-state index contributed by atoms with van der Waals surface area (Å²) in [5.41, 5.74) is -0.993. The Labute approximate surface area is 101 Å². The molecule has 1 N–H and O–H groups in total. The molecule has 0 aliphatic carbocycles. The molecule has 0 aliphatic rings. The molecule has 0 aromatic heterocycles. The first-order chi connectivity index (χ1) is 8.38. The van der Waals surface area contributed by atoms with Crippen molar-refractivity contribution in [1.29, 1.82) is 0 Å². The van der Waals surface area contributed by atoms with E-state index in [0.29, 0.717) is 12.1 Å². The number of carbonyl (C=O) groups excluding carboxylic acids is 1. The zero-order valence-corrected chi connectivity index (χ0v) is 9.76. The van der Waals surface area contributed by atoms with Gasteiger partial charge in [0, 0.05) is 11.6 Å². The minimum absolute atomic E-state index is 0.0713. The van der Waals surface area contributed by atoms with Crippen molar-refractivity contribution in [1.82, 2.24) is 0 Å². The van der Waals surface area contributed by atoms with Crippen molar-refractivity contribution in [3.8, 4) is 0 Å². The molecule has 1 aromatic carbocycles. The number of halogens is 3. The van der Waals surface area contributed by atoms with Crippen molar-refractivity contribution in [2.45, 2.75) is 13.8 Å². The number of carbonyl (C=O) groups is 1. The van der Waals surface area contributed by atoms with Crippen LogP contribution in [-0.4, -0.2) is 17.7 Å². The van der Waals surface area contributed by atoms with Crippen molar-refractivity contribution in [3.63, 3.8) is 0 Å². The molecule has 0 amide bonds. The second kappa shape index (κ2) is 5.57. The highest BCUT2D eigenvalue weighted by Crippen LogP contribution is 2.24. The van der Waals surface area contributed by atoms with Gasteiger partial charge in [-0.3, -0.25) is 0 Å². The van der Waals surface area contributed by atoms with Gasteiger partial charge < -0.3 is 9.84 Å². The molecule has 0 fully saturated rings. The van der Waals surface area contributed by atoms with Gasteiger partial charge in [0.05, 0.1) is 18.2 Å². The SMILES string of the molecule is CCOC(=O)/C=C(\O)c1c(F)cc(F)c(F)c1C. The number of ether oxygens (including phenoxy) is 1. The van der Waals surface area contributed by atoms with Crippen LogP contribution < -0.4 is 0 Å². The second-order valence-electron chi connectivity index (χ2n) is 3.44. The highest BCUT2D eigenvalue weighted by Gasteiger charge is 2.19. The molecule has 0 saturated carbocycles. The lowest BCUT2D eigenvalue weighted by molar-refractivity contribution is -0.137. The average molecular weight is 260 g/mol. The van der Waals surface area contributed by atoms with Gasteiger partial charge in [-0.15, -0.1) is 0 Å². The monoisotopic (exact) mass is 260 g/mol. The topological polar surface area (TPSA) is 46.5 Å². The molecule has 0 spiro atoms. The molecule has 0 heterocycles. The fourth-order valence-corrected chi connectivity index (χ4v) is 1.40. The van der Waals surface area contributed by atoms with Crippen molar-refractivity contribution in [2.75, 3.05) is 6.61 Å². The fraction of sp³-hybridized carbons (Fsp3) is 0.250. The van der Waals surface area contributed by atoms with Crippen LogP contribution in [0, 0.1) is 24.4 Å². The number of aliphatic hydroxyl groups is 1. The first-order valence-corrected chi connectivity index (χ1v) is 5.10. The number of esters is 1. The predicted octanol–water partition coefficient (Wildman–Crippen LogP) is 2.87. The Bertz CT molecular complexity index is 510. The van der Waals surface area contributed by atoms with Crippen molar-refractivity contribution >= 4 is 11.7 Å². The zero-order chi connectivity index (χ0) is 13.9. The van der Waals surface area contributed by atoms with Gasteiger partial charge in [-0.25, -0.2) is 18.0 Å². The van der Waals surface area contributed by atoms with E-state index >= 15 is 0 Å². The lowest BCUT2D eigenvalue weighted by Crippen LogP contribution is -2.04. The summed E-state index contributed by atoms with van der Waals surface area (Å²) in [6.45, 7) is 2.71. The van der Waals surface area contributed by atoms with Gasteiger partial charge in [0.2, 0.25) is 0 Å².